The van der Waals surface area contributed by atoms with Crippen molar-refractivity contribution in [2.24, 2.45) is 0 Å². The Kier molecular flexibility index (Phi) is 8.64. The van der Waals surface area contributed by atoms with Gasteiger partial charge in [0.05, 0.1) is 6.07 Å². The monoisotopic (exact) mass is 356 g/mol. The van der Waals surface area contributed by atoms with E-state index >= 15 is 0 Å². The lowest BCUT2D eigenvalue weighted by Gasteiger charge is -2.09. The van der Waals surface area contributed by atoms with Crippen molar-refractivity contribution >= 4 is 5.91 Å². The number of carbonyl (C=O) groups is 1. The maximum absolute atomic E-state index is 12.1. The highest BCUT2D eigenvalue weighted by Crippen LogP contribution is 2.34. The molecule has 0 aliphatic heterocycles. The summed E-state index contributed by atoms with van der Waals surface area (Å²) < 4.78 is 5.57. The lowest BCUT2D eigenvalue weighted by atomic mass is 10.0. The third-order valence-electron chi connectivity index (χ3n) is 4.93. The number of nitriles is 1. The molecule has 1 aliphatic rings. The molecule has 1 fully saturated rings. The van der Waals surface area contributed by atoms with Crippen LogP contribution in [0.2, 0.25) is 0 Å². The van der Waals surface area contributed by atoms with Crippen LogP contribution in [0.15, 0.2) is 24.3 Å². The average Bonchev–Trinajstić information content (AvgIpc) is 3.43. The zero-order valence-corrected chi connectivity index (χ0v) is 16.1. The molecule has 2 rings (SSSR count). The van der Waals surface area contributed by atoms with Gasteiger partial charge in [-0.15, -0.1) is 0 Å². The first-order valence-corrected chi connectivity index (χ1v) is 10.1. The number of amides is 1. The van der Waals surface area contributed by atoms with Gasteiger partial charge in [0, 0.05) is 18.8 Å². The predicted octanol–water partition coefficient (Wildman–Crippen LogP) is 4.78. The number of nitrogens with one attached hydrogen (secondary N) is 1. The van der Waals surface area contributed by atoms with E-state index in [9.17, 15) is 4.79 Å². The molecule has 0 heterocycles. The van der Waals surface area contributed by atoms with Gasteiger partial charge in [-0.3, -0.25) is 4.79 Å². The number of rotatable bonds is 13. The van der Waals surface area contributed by atoms with Crippen molar-refractivity contribution in [3.05, 3.63) is 35.4 Å². The summed E-state index contributed by atoms with van der Waals surface area (Å²) in [7, 11) is 0. The number of hydrogen-bond acceptors (Lipinski definition) is 3. The molecular weight excluding hydrogens is 324 g/mol. The first-order chi connectivity index (χ1) is 12.7. The predicted molar refractivity (Wildman–Crippen MR) is 104 cm³/mol. The Morgan fingerprint density at radius 3 is 2.38 bits per heavy atom. The van der Waals surface area contributed by atoms with Gasteiger partial charge in [0.25, 0.3) is 5.91 Å². The Labute approximate surface area is 157 Å². The molecule has 1 aromatic rings. The molecule has 1 aromatic carbocycles. The van der Waals surface area contributed by atoms with Gasteiger partial charge >= 0.3 is 0 Å². The molecule has 1 aliphatic carbocycles. The minimum atomic E-state index is -0.600. The molecule has 0 bridgehead atoms. The molecule has 1 amide bonds. The quantitative estimate of drug-likeness (QED) is 0.517. The van der Waals surface area contributed by atoms with E-state index in [0.717, 1.165) is 38.9 Å². The molecule has 0 unspecified atom stereocenters. The summed E-state index contributed by atoms with van der Waals surface area (Å²) >= 11 is 0. The summed E-state index contributed by atoms with van der Waals surface area (Å²) in [5.41, 5.74) is 1.31. The Morgan fingerprint density at radius 1 is 1.08 bits per heavy atom. The van der Waals surface area contributed by atoms with E-state index < -0.39 is 5.54 Å². The van der Waals surface area contributed by atoms with E-state index in [2.05, 4.69) is 18.3 Å². The largest absolute Gasteiger partial charge is 0.381 e. The van der Waals surface area contributed by atoms with Gasteiger partial charge in [-0.2, -0.15) is 5.26 Å². The van der Waals surface area contributed by atoms with E-state index in [1.165, 1.54) is 44.1 Å². The third-order valence-corrected chi connectivity index (χ3v) is 4.93. The topological polar surface area (TPSA) is 62.1 Å². The zero-order valence-electron chi connectivity index (χ0n) is 16.1. The molecule has 0 radical (unpaired) electrons. The van der Waals surface area contributed by atoms with Crippen LogP contribution >= 0.6 is 0 Å². The third kappa shape index (κ3) is 7.17. The molecule has 26 heavy (non-hydrogen) atoms. The number of benzene rings is 1. The highest BCUT2D eigenvalue weighted by atomic mass is 16.5. The van der Waals surface area contributed by atoms with Crippen LogP contribution in [-0.4, -0.2) is 24.7 Å². The highest BCUT2D eigenvalue weighted by molar-refractivity contribution is 5.95. The Morgan fingerprint density at radius 2 is 1.73 bits per heavy atom. The molecule has 0 spiro atoms. The van der Waals surface area contributed by atoms with Crippen LogP contribution in [0.1, 0.15) is 80.6 Å². The fraction of sp³-hybridized carbons (Fsp3) is 0.636. The number of nitrogens with zero attached hydrogens (tertiary/aromatic N) is 1. The fourth-order valence-electron chi connectivity index (χ4n) is 2.91. The van der Waals surface area contributed by atoms with Crippen molar-refractivity contribution in [3.8, 4) is 6.07 Å². The second-order valence-corrected chi connectivity index (χ2v) is 7.33. The zero-order chi connectivity index (χ0) is 18.7. The van der Waals surface area contributed by atoms with E-state index in [-0.39, 0.29) is 5.91 Å². The SMILES string of the molecule is CCCCOCCCCCCCc1ccc(C(=O)NC2(C#N)CC2)cc1. The number of ether oxygens (including phenoxy) is 1. The van der Waals surface area contributed by atoms with Crippen molar-refractivity contribution in [1.82, 2.24) is 5.32 Å². The molecule has 0 saturated heterocycles. The standard InChI is InChI=1S/C22H32N2O2/c1-2-3-16-26-17-8-6-4-5-7-9-19-10-12-20(13-11-19)21(25)24-22(18-23)14-15-22/h10-13H,2-9,14-17H2,1H3,(H,24,25). The van der Waals surface area contributed by atoms with Crippen LogP contribution in [0.5, 0.6) is 0 Å². The summed E-state index contributed by atoms with van der Waals surface area (Å²) in [6.07, 6.45) is 11.0. The maximum atomic E-state index is 12.1. The number of unbranched alkanes of at least 4 members (excludes halogenated alkanes) is 5. The summed E-state index contributed by atoms with van der Waals surface area (Å²) in [5, 5.41) is 11.9. The van der Waals surface area contributed by atoms with E-state index in [1.807, 2.05) is 24.3 Å². The highest BCUT2D eigenvalue weighted by Gasteiger charge is 2.44. The van der Waals surface area contributed by atoms with Crippen molar-refractivity contribution in [2.45, 2.75) is 76.7 Å². The van der Waals surface area contributed by atoms with E-state index in [4.69, 9.17) is 10.00 Å². The van der Waals surface area contributed by atoms with E-state index in [0.29, 0.717) is 5.56 Å². The van der Waals surface area contributed by atoms with Crippen LogP contribution in [0.25, 0.3) is 0 Å². The van der Waals surface area contributed by atoms with Gasteiger partial charge in [-0.05, 0) is 56.2 Å². The van der Waals surface area contributed by atoms with Crippen LogP contribution in [0.4, 0.5) is 0 Å². The first kappa shape index (κ1) is 20.5. The summed E-state index contributed by atoms with van der Waals surface area (Å²) in [6.45, 7) is 3.99. The second kappa shape index (κ2) is 11.0. The fourth-order valence-corrected chi connectivity index (χ4v) is 2.91. The number of aryl methyl sites for hydroxylation is 1. The molecule has 0 aromatic heterocycles. The van der Waals surface area contributed by atoms with Gasteiger partial charge in [0.15, 0.2) is 0 Å². The normalized spacial score (nSPS) is 14.6. The van der Waals surface area contributed by atoms with Crippen LogP contribution in [0.3, 0.4) is 0 Å². The Bertz CT molecular complexity index is 585. The second-order valence-electron chi connectivity index (χ2n) is 7.33. The lowest BCUT2D eigenvalue weighted by molar-refractivity contribution is 0.0941. The Balaban J connectivity index is 1.55. The summed E-state index contributed by atoms with van der Waals surface area (Å²) in [4.78, 5) is 12.1. The molecule has 4 heteroatoms. The number of hydrogen-bond donors (Lipinski definition) is 1. The van der Waals surface area contributed by atoms with Crippen LogP contribution < -0.4 is 5.32 Å². The van der Waals surface area contributed by atoms with Gasteiger partial charge in [0.1, 0.15) is 5.54 Å². The maximum Gasteiger partial charge on any atom is 0.252 e. The molecule has 1 saturated carbocycles. The van der Waals surface area contributed by atoms with Crippen LogP contribution in [0, 0.1) is 11.3 Å². The Hall–Kier alpha value is -1.86. The van der Waals surface area contributed by atoms with Crippen molar-refractivity contribution in [1.29, 1.82) is 5.26 Å². The lowest BCUT2D eigenvalue weighted by Crippen LogP contribution is -2.35. The van der Waals surface area contributed by atoms with Crippen molar-refractivity contribution in [3.63, 3.8) is 0 Å². The molecular formula is C22H32N2O2. The molecule has 142 valence electrons. The molecule has 1 N–H and O–H groups in total. The summed E-state index contributed by atoms with van der Waals surface area (Å²) in [6, 6.07) is 9.98. The molecule has 0 atom stereocenters. The van der Waals surface area contributed by atoms with Gasteiger partial charge < -0.3 is 10.1 Å². The minimum absolute atomic E-state index is 0.142. The minimum Gasteiger partial charge on any atom is -0.381 e. The van der Waals surface area contributed by atoms with Crippen molar-refractivity contribution < 1.29 is 9.53 Å². The van der Waals surface area contributed by atoms with Gasteiger partial charge in [-0.1, -0.05) is 44.7 Å². The average molecular weight is 357 g/mol. The molecule has 4 nitrogen and oxygen atoms in total. The number of carbonyl (C=O) groups excluding carboxylic acids is 1. The van der Waals surface area contributed by atoms with Crippen molar-refractivity contribution in [2.75, 3.05) is 13.2 Å². The van der Waals surface area contributed by atoms with Gasteiger partial charge in [0.2, 0.25) is 0 Å². The smallest absolute Gasteiger partial charge is 0.252 e. The van der Waals surface area contributed by atoms with Gasteiger partial charge in [-0.25, -0.2) is 0 Å². The van der Waals surface area contributed by atoms with Crippen LogP contribution in [-0.2, 0) is 11.2 Å². The summed E-state index contributed by atoms with van der Waals surface area (Å²) in [5.74, 6) is -0.142. The van der Waals surface area contributed by atoms with E-state index in [1.54, 1.807) is 0 Å². The first-order valence-electron chi connectivity index (χ1n) is 10.1.